The molecular weight excluding hydrogens is 178 g/mol. The maximum atomic E-state index is 9.08. The lowest BCUT2D eigenvalue weighted by Crippen LogP contribution is -2.24. The summed E-state index contributed by atoms with van der Waals surface area (Å²) in [4.78, 5) is 0. The normalized spacial score (nSPS) is 13.1. The highest BCUT2D eigenvalue weighted by Crippen LogP contribution is 2.06. The second-order valence-corrected chi connectivity index (χ2v) is 3.61. The van der Waals surface area contributed by atoms with E-state index in [1.165, 1.54) is 5.56 Å². The van der Waals surface area contributed by atoms with Gasteiger partial charge in [0.2, 0.25) is 0 Å². The highest BCUT2D eigenvalue weighted by atomic mass is 16.3. The SMILES string of the molecule is CCc1nn(C)cc1CNCC(C)O. The summed E-state index contributed by atoms with van der Waals surface area (Å²) in [6.45, 7) is 5.28. The molecule has 1 aromatic rings. The van der Waals surface area contributed by atoms with Crippen LogP contribution in [0.5, 0.6) is 0 Å². The molecule has 0 saturated heterocycles. The van der Waals surface area contributed by atoms with Crippen molar-refractivity contribution in [3.63, 3.8) is 0 Å². The number of aryl methyl sites for hydroxylation is 2. The van der Waals surface area contributed by atoms with E-state index in [-0.39, 0.29) is 6.10 Å². The van der Waals surface area contributed by atoms with Crippen LogP contribution in [0.25, 0.3) is 0 Å². The first-order chi connectivity index (χ1) is 6.63. The summed E-state index contributed by atoms with van der Waals surface area (Å²) in [5.41, 5.74) is 2.35. The molecule has 0 aromatic carbocycles. The first-order valence-corrected chi connectivity index (χ1v) is 5.03. The minimum absolute atomic E-state index is 0.295. The van der Waals surface area contributed by atoms with Crippen molar-refractivity contribution >= 4 is 0 Å². The monoisotopic (exact) mass is 197 g/mol. The van der Waals surface area contributed by atoms with Crippen LogP contribution in [0.1, 0.15) is 25.1 Å². The summed E-state index contributed by atoms with van der Waals surface area (Å²) in [5.74, 6) is 0. The number of aromatic nitrogens is 2. The van der Waals surface area contributed by atoms with Crippen LogP contribution >= 0.6 is 0 Å². The standard InChI is InChI=1S/C10H19N3O/c1-4-10-9(7-13(3)12-10)6-11-5-8(2)14/h7-8,11,14H,4-6H2,1-3H3. The summed E-state index contributed by atoms with van der Waals surface area (Å²) in [6.07, 6.45) is 2.68. The topological polar surface area (TPSA) is 50.1 Å². The number of rotatable bonds is 5. The van der Waals surface area contributed by atoms with Gasteiger partial charge in [-0.2, -0.15) is 5.10 Å². The maximum absolute atomic E-state index is 9.08. The summed E-state index contributed by atoms with van der Waals surface area (Å²) in [5, 5.41) is 16.6. The quantitative estimate of drug-likeness (QED) is 0.720. The van der Waals surface area contributed by atoms with Gasteiger partial charge in [0.25, 0.3) is 0 Å². The van der Waals surface area contributed by atoms with Gasteiger partial charge in [-0.05, 0) is 13.3 Å². The molecule has 1 unspecified atom stereocenters. The fraction of sp³-hybridized carbons (Fsp3) is 0.700. The molecule has 0 radical (unpaired) electrons. The Labute approximate surface area is 84.9 Å². The number of hydrogen-bond acceptors (Lipinski definition) is 3. The van der Waals surface area contributed by atoms with Crippen molar-refractivity contribution in [3.05, 3.63) is 17.5 Å². The van der Waals surface area contributed by atoms with Crippen LogP contribution in [-0.2, 0) is 20.0 Å². The predicted molar refractivity (Wildman–Crippen MR) is 56.0 cm³/mol. The van der Waals surface area contributed by atoms with Gasteiger partial charge < -0.3 is 10.4 Å². The van der Waals surface area contributed by atoms with E-state index in [0.29, 0.717) is 6.54 Å². The van der Waals surface area contributed by atoms with Crippen molar-refractivity contribution in [2.75, 3.05) is 6.54 Å². The summed E-state index contributed by atoms with van der Waals surface area (Å²) in [6, 6.07) is 0. The molecule has 1 heterocycles. The van der Waals surface area contributed by atoms with Gasteiger partial charge in [-0.3, -0.25) is 4.68 Å². The van der Waals surface area contributed by atoms with Crippen LogP contribution in [0.15, 0.2) is 6.20 Å². The minimum atomic E-state index is -0.295. The van der Waals surface area contributed by atoms with Crippen LogP contribution in [0, 0.1) is 0 Å². The molecule has 0 aliphatic rings. The number of hydrogen-bond donors (Lipinski definition) is 2. The van der Waals surface area contributed by atoms with Gasteiger partial charge >= 0.3 is 0 Å². The zero-order chi connectivity index (χ0) is 10.6. The number of nitrogens with zero attached hydrogens (tertiary/aromatic N) is 2. The molecule has 4 nitrogen and oxygen atoms in total. The van der Waals surface area contributed by atoms with Gasteiger partial charge in [0.15, 0.2) is 0 Å². The molecule has 1 rings (SSSR count). The van der Waals surface area contributed by atoms with E-state index < -0.39 is 0 Å². The molecule has 0 amide bonds. The Morgan fingerprint density at radius 2 is 2.36 bits per heavy atom. The van der Waals surface area contributed by atoms with Crippen LogP contribution < -0.4 is 5.32 Å². The zero-order valence-corrected chi connectivity index (χ0v) is 9.12. The smallest absolute Gasteiger partial charge is 0.0666 e. The fourth-order valence-electron chi connectivity index (χ4n) is 1.44. The van der Waals surface area contributed by atoms with Gasteiger partial charge in [-0.1, -0.05) is 6.92 Å². The molecule has 0 spiro atoms. The second-order valence-electron chi connectivity index (χ2n) is 3.61. The van der Waals surface area contributed by atoms with Gasteiger partial charge in [0, 0.05) is 31.9 Å². The van der Waals surface area contributed by atoms with Crippen molar-refractivity contribution in [1.82, 2.24) is 15.1 Å². The van der Waals surface area contributed by atoms with E-state index >= 15 is 0 Å². The molecule has 0 aliphatic carbocycles. The molecule has 0 aliphatic heterocycles. The van der Waals surface area contributed by atoms with Crippen molar-refractivity contribution in [1.29, 1.82) is 0 Å². The Bertz CT molecular complexity index is 281. The molecule has 2 N–H and O–H groups in total. The van der Waals surface area contributed by atoms with Gasteiger partial charge in [0.05, 0.1) is 11.8 Å². The number of aliphatic hydroxyl groups excluding tert-OH is 1. The van der Waals surface area contributed by atoms with Crippen molar-refractivity contribution in [3.8, 4) is 0 Å². The molecule has 0 fully saturated rings. The fourth-order valence-corrected chi connectivity index (χ4v) is 1.44. The highest BCUT2D eigenvalue weighted by Gasteiger charge is 2.05. The Hall–Kier alpha value is -0.870. The Morgan fingerprint density at radius 3 is 2.93 bits per heavy atom. The van der Waals surface area contributed by atoms with Gasteiger partial charge in [0.1, 0.15) is 0 Å². The first kappa shape index (κ1) is 11.2. The Kier molecular flexibility index (Phi) is 4.10. The summed E-state index contributed by atoms with van der Waals surface area (Å²) >= 11 is 0. The van der Waals surface area contributed by atoms with E-state index in [4.69, 9.17) is 5.11 Å². The van der Waals surface area contributed by atoms with Crippen molar-refractivity contribution in [2.45, 2.75) is 32.9 Å². The van der Waals surface area contributed by atoms with Crippen molar-refractivity contribution < 1.29 is 5.11 Å². The maximum Gasteiger partial charge on any atom is 0.0666 e. The molecule has 0 saturated carbocycles. The molecule has 4 heteroatoms. The largest absolute Gasteiger partial charge is 0.392 e. The lowest BCUT2D eigenvalue weighted by molar-refractivity contribution is 0.191. The lowest BCUT2D eigenvalue weighted by atomic mass is 10.2. The average Bonchev–Trinajstić information content (AvgIpc) is 2.45. The minimum Gasteiger partial charge on any atom is -0.392 e. The number of aliphatic hydroxyl groups is 1. The van der Waals surface area contributed by atoms with E-state index in [2.05, 4.69) is 17.3 Å². The zero-order valence-electron chi connectivity index (χ0n) is 9.12. The summed E-state index contributed by atoms with van der Waals surface area (Å²) < 4.78 is 1.83. The van der Waals surface area contributed by atoms with Gasteiger partial charge in [-0.15, -0.1) is 0 Å². The third kappa shape index (κ3) is 3.12. The third-order valence-electron chi connectivity index (χ3n) is 2.08. The Morgan fingerprint density at radius 1 is 1.64 bits per heavy atom. The summed E-state index contributed by atoms with van der Waals surface area (Å²) in [7, 11) is 1.93. The van der Waals surface area contributed by atoms with E-state index in [1.807, 2.05) is 17.9 Å². The molecule has 80 valence electrons. The Balaban J connectivity index is 2.48. The van der Waals surface area contributed by atoms with Crippen LogP contribution in [-0.4, -0.2) is 27.5 Å². The van der Waals surface area contributed by atoms with Crippen molar-refractivity contribution in [2.24, 2.45) is 7.05 Å². The molecule has 1 aromatic heterocycles. The van der Waals surface area contributed by atoms with Crippen LogP contribution in [0.4, 0.5) is 0 Å². The van der Waals surface area contributed by atoms with E-state index in [9.17, 15) is 0 Å². The van der Waals surface area contributed by atoms with Crippen LogP contribution in [0.3, 0.4) is 0 Å². The first-order valence-electron chi connectivity index (χ1n) is 5.03. The van der Waals surface area contributed by atoms with Gasteiger partial charge in [-0.25, -0.2) is 0 Å². The molecular formula is C10H19N3O. The third-order valence-corrected chi connectivity index (χ3v) is 2.08. The average molecular weight is 197 g/mol. The van der Waals surface area contributed by atoms with E-state index in [1.54, 1.807) is 6.92 Å². The molecule has 0 bridgehead atoms. The molecule has 14 heavy (non-hydrogen) atoms. The second kappa shape index (κ2) is 5.12. The predicted octanol–water partition coefficient (Wildman–Crippen LogP) is 0.453. The lowest BCUT2D eigenvalue weighted by Gasteiger charge is -2.05. The van der Waals surface area contributed by atoms with Crippen LogP contribution in [0.2, 0.25) is 0 Å². The number of nitrogens with one attached hydrogen (secondary N) is 1. The molecule has 1 atom stereocenters. The van der Waals surface area contributed by atoms with E-state index in [0.717, 1.165) is 18.7 Å². The highest BCUT2D eigenvalue weighted by molar-refractivity contribution is 5.16.